The van der Waals surface area contributed by atoms with Gasteiger partial charge >= 0.3 is 0 Å². The maximum absolute atomic E-state index is 8.69. The molecular weight excluding hydrogens is 188 g/mol. The summed E-state index contributed by atoms with van der Waals surface area (Å²) >= 11 is 5.75. The molecule has 0 unspecified atom stereocenters. The molecule has 0 spiro atoms. The van der Waals surface area contributed by atoms with Crippen LogP contribution in [0, 0.1) is 11.3 Å². The third kappa shape index (κ3) is 2.04. The summed E-state index contributed by atoms with van der Waals surface area (Å²) in [5, 5.41) is 9.14. The predicted molar refractivity (Wildman–Crippen MR) is 51.7 cm³/mol. The third-order valence-electron chi connectivity index (χ3n) is 1.53. The van der Waals surface area contributed by atoms with Gasteiger partial charge in [-0.2, -0.15) is 5.26 Å². The molecule has 0 amide bonds. The fraction of sp³-hybridized carbons (Fsp3) is 0.222. The van der Waals surface area contributed by atoms with Gasteiger partial charge in [0.05, 0.1) is 17.9 Å². The Kier molecular flexibility index (Phi) is 2.99. The van der Waals surface area contributed by atoms with E-state index in [-0.39, 0.29) is 0 Å². The smallest absolute Gasteiger partial charge is 0.145 e. The van der Waals surface area contributed by atoms with Crippen molar-refractivity contribution in [3.05, 3.63) is 22.7 Å². The Hall–Kier alpha value is -1.40. The Morgan fingerprint density at radius 2 is 2.31 bits per heavy atom. The van der Waals surface area contributed by atoms with E-state index in [9.17, 15) is 0 Å². The topological polar surface area (TPSA) is 59.0 Å². The van der Waals surface area contributed by atoms with E-state index in [1.807, 2.05) is 13.0 Å². The molecule has 0 atom stereocenters. The van der Waals surface area contributed by atoms with Crippen molar-refractivity contribution in [2.45, 2.75) is 6.92 Å². The van der Waals surface area contributed by atoms with Crippen molar-refractivity contribution in [3.63, 3.8) is 0 Å². The van der Waals surface area contributed by atoms with Crippen LogP contribution < -0.4 is 10.5 Å². The summed E-state index contributed by atoms with van der Waals surface area (Å²) in [4.78, 5) is 0. The molecule has 0 aliphatic heterocycles. The predicted octanol–water partition coefficient (Wildman–Crippen LogP) is 2.19. The van der Waals surface area contributed by atoms with Crippen LogP contribution >= 0.6 is 11.6 Å². The van der Waals surface area contributed by atoms with E-state index in [4.69, 9.17) is 27.3 Å². The first kappa shape index (κ1) is 9.69. The van der Waals surface area contributed by atoms with E-state index in [0.717, 1.165) is 0 Å². The van der Waals surface area contributed by atoms with Crippen molar-refractivity contribution in [1.29, 1.82) is 5.26 Å². The van der Waals surface area contributed by atoms with Gasteiger partial charge in [-0.05, 0) is 13.0 Å². The van der Waals surface area contributed by atoms with Gasteiger partial charge in [-0.25, -0.2) is 0 Å². The zero-order chi connectivity index (χ0) is 9.84. The number of nitrogen functional groups attached to an aromatic ring is 1. The molecule has 0 radical (unpaired) electrons. The minimum Gasteiger partial charge on any atom is -0.492 e. The van der Waals surface area contributed by atoms with Gasteiger partial charge in [0.15, 0.2) is 0 Å². The second-order valence-electron chi connectivity index (χ2n) is 2.41. The van der Waals surface area contributed by atoms with Crippen LogP contribution in [0.5, 0.6) is 5.75 Å². The van der Waals surface area contributed by atoms with Gasteiger partial charge in [-0.3, -0.25) is 0 Å². The van der Waals surface area contributed by atoms with Crippen LogP contribution in [0.1, 0.15) is 12.5 Å². The average molecular weight is 197 g/mol. The SMILES string of the molecule is CCOc1cc(Cl)cc(C#N)c1N. The number of nitrogens with two attached hydrogens (primary N) is 1. The zero-order valence-electron chi connectivity index (χ0n) is 7.17. The van der Waals surface area contributed by atoms with Crippen molar-refractivity contribution in [3.8, 4) is 11.8 Å². The minimum absolute atomic E-state index is 0.341. The van der Waals surface area contributed by atoms with Crippen LogP contribution in [0.15, 0.2) is 12.1 Å². The van der Waals surface area contributed by atoms with Crippen LogP contribution in [0.25, 0.3) is 0 Å². The van der Waals surface area contributed by atoms with E-state index in [2.05, 4.69) is 0 Å². The Bertz CT molecular complexity index is 357. The summed E-state index contributed by atoms with van der Waals surface area (Å²) in [6.45, 7) is 2.34. The highest BCUT2D eigenvalue weighted by atomic mass is 35.5. The lowest BCUT2D eigenvalue weighted by Crippen LogP contribution is -1.99. The number of anilines is 1. The first-order chi connectivity index (χ1) is 6.19. The van der Waals surface area contributed by atoms with Crippen molar-refractivity contribution >= 4 is 17.3 Å². The number of hydrogen-bond acceptors (Lipinski definition) is 3. The lowest BCUT2D eigenvalue weighted by molar-refractivity contribution is 0.342. The molecule has 1 rings (SSSR count). The minimum atomic E-state index is 0.341. The number of rotatable bonds is 2. The van der Waals surface area contributed by atoms with Crippen LogP contribution in [0.4, 0.5) is 5.69 Å². The number of nitriles is 1. The lowest BCUT2D eigenvalue weighted by Gasteiger charge is -2.07. The Morgan fingerprint density at radius 3 is 2.85 bits per heavy atom. The average Bonchev–Trinajstić information content (AvgIpc) is 2.11. The summed E-state index contributed by atoms with van der Waals surface area (Å²) in [6.07, 6.45) is 0. The molecule has 13 heavy (non-hydrogen) atoms. The van der Waals surface area contributed by atoms with Gasteiger partial charge in [-0.15, -0.1) is 0 Å². The van der Waals surface area contributed by atoms with Gasteiger partial charge < -0.3 is 10.5 Å². The molecule has 0 aromatic heterocycles. The van der Waals surface area contributed by atoms with E-state index < -0.39 is 0 Å². The fourth-order valence-corrected chi connectivity index (χ4v) is 1.17. The highest BCUT2D eigenvalue weighted by Gasteiger charge is 2.07. The molecule has 1 aromatic carbocycles. The molecule has 0 aliphatic carbocycles. The first-order valence-corrected chi connectivity index (χ1v) is 4.18. The number of hydrogen-bond donors (Lipinski definition) is 1. The molecule has 3 nitrogen and oxygen atoms in total. The monoisotopic (exact) mass is 196 g/mol. The molecule has 0 bridgehead atoms. The van der Waals surface area contributed by atoms with Crippen LogP contribution in [0.3, 0.4) is 0 Å². The van der Waals surface area contributed by atoms with Crippen LogP contribution in [-0.4, -0.2) is 6.61 Å². The van der Waals surface area contributed by atoms with Crippen molar-refractivity contribution in [1.82, 2.24) is 0 Å². The van der Waals surface area contributed by atoms with Gasteiger partial charge in [-0.1, -0.05) is 11.6 Å². The summed E-state index contributed by atoms with van der Waals surface area (Å²) in [5.41, 5.74) is 6.33. The van der Waals surface area contributed by atoms with Gasteiger partial charge in [0, 0.05) is 11.1 Å². The second-order valence-corrected chi connectivity index (χ2v) is 2.85. The van der Waals surface area contributed by atoms with Gasteiger partial charge in [0.1, 0.15) is 11.8 Å². The molecule has 0 heterocycles. The summed E-state index contributed by atoms with van der Waals surface area (Å²) < 4.78 is 5.20. The maximum atomic E-state index is 8.69. The molecular formula is C9H9ClN2O. The summed E-state index contributed by atoms with van der Waals surface area (Å²) in [7, 11) is 0. The highest BCUT2D eigenvalue weighted by Crippen LogP contribution is 2.29. The van der Waals surface area contributed by atoms with E-state index in [0.29, 0.717) is 28.6 Å². The third-order valence-corrected chi connectivity index (χ3v) is 1.75. The van der Waals surface area contributed by atoms with Crippen LogP contribution in [-0.2, 0) is 0 Å². The number of nitrogens with zero attached hydrogens (tertiary/aromatic N) is 1. The molecule has 1 aromatic rings. The molecule has 0 saturated heterocycles. The van der Waals surface area contributed by atoms with Crippen LogP contribution in [0.2, 0.25) is 5.02 Å². The number of ether oxygens (including phenoxy) is 1. The van der Waals surface area contributed by atoms with E-state index in [1.54, 1.807) is 6.07 Å². The lowest BCUT2D eigenvalue weighted by atomic mass is 10.2. The highest BCUT2D eigenvalue weighted by molar-refractivity contribution is 6.31. The van der Waals surface area contributed by atoms with E-state index >= 15 is 0 Å². The Labute approximate surface area is 81.7 Å². The Balaban J connectivity index is 3.21. The summed E-state index contributed by atoms with van der Waals surface area (Å²) in [5.74, 6) is 0.464. The normalized spacial score (nSPS) is 9.31. The number of benzene rings is 1. The first-order valence-electron chi connectivity index (χ1n) is 3.81. The molecule has 2 N–H and O–H groups in total. The molecule has 0 aliphatic rings. The van der Waals surface area contributed by atoms with Crippen molar-refractivity contribution < 1.29 is 4.74 Å². The largest absolute Gasteiger partial charge is 0.492 e. The van der Waals surface area contributed by atoms with Crippen molar-refractivity contribution in [2.24, 2.45) is 0 Å². The summed E-state index contributed by atoms with van der Waals surface area (Å²) in [6, 6.07) is 5.06. The molecule has 0 fully saturated rings. The second kappa shape index (κ2) is 4.01. The molecule has 0 saturated carbocycles. The maximum Gasteiger partial charge on any atom is 0.145 e. The van der Waals surface area contributed by atoms with Gasteiger partial charge in [0.2, 0.25) is 0 Å². The number of halogens is 1. The Morgan fingerprint density at radius 1 is 1.62 bits per heavy atom. The van der Waals surface area contributed by atoms with Crippen molar-refractivity contribution in [2.75, 3.05) is 12.3 Å². The van der Waals surface area contributed by atoms with E-state index in [1.165, 1.54) is 6.07 Å². The molecule has 68 valence electrons. The van der Waals surface area contributed by atoms with Gasteiger partial charge in [0.25, 0.3) is 0 Å². The zero-order valence-corrected chi connectivity index (χ0v) is 7.93. The standard InChI is InChI=1S/C9H9ClN2O/c1-2-13-8-4-7(10)3-6(5-11)9(8)12/h3-4H,2,12H2,1H3. The molecule has 4 heteroatoms. The quantitative estimate of drug-likeness (QED) is 0.738. The fourth-order valence-electron chi connectivity index (χ4n) is 0.960.